The zero-order valence-corrected chi connectivity index (χ0v) is 9.21. The molecule has 1 aromatic rings. The van der Waals surface area contributed by atoms with E-state index in [2.05, 4.69) is 9.97 Å². The van der Waals surface area contributed by atoms with Crippen molar-refractivity contribution in [1.82, 2.24) is 9.97 Å². The molecule has 0 saturated heterocycles. The van der Waals surface area contributed by atoms with Gasteiger partial charge in [-0.15, -0.1) is 0 Å². The number of hydrogen-bond acceptors (Lipinski definition) is 5. The average molecular weight is 226 g/mol. The van der Waals surface area contributed by atoms with Crippen LogP contribution < -0.4 is 0 Å². The van der Waals surface area contributed by atoms with E-state index in [0.717, 1.165) is 0 Å². The van der Waals surface area contributed by atoms with Gasteiger partial charge in [-0.3, -0.25) is 0 Å². The van der Waals surface area contributed by atoms with Crippen molar-refractivity contribution in [1.29, 1.82) is 0 Å². The Balaban J connectivity index is 2.63. The zero-order chi connectivity index (χ0) is 12.0. The fraction of sp³-hybridized carbons (Fsp3) is 0.500. The van der Waals surface area contributed by atoms with Crippen LogP contribution in [-0.4, -0.2) is 40.9 Å². The molecule has 0 bridgehead atoms. The second-order valence-corrected chi connectivity index (χ2v) is 3.27. The molecule has 0 spiro atoms. The van der Waals surface area contributed by atoms with Crippen LogP contribution >= 0.6 is 0 Å². The second kappa shape index (κ2) is 6.14. The maximum atomic E-state index is 10.8. The summed E-state index contributed by atoms with van der Waals surface area (Å²) in [7, 11) is 1.58. The summed E-state index contributed by atoms with van der Waals surface area (Å²) >= 11 is 0. The van der Waals surface area contributed by atoms with Crippen LogP contribution in [0.15, 0.2) is 12.5 Å². The van der Waals surface area contributed by atoms with Gasteiger partial charge in [0.25, 0.3) is 0 Å². The summed E-state index contributed by atoms with van der Waals surface area (Å²) in [6.07, 6.45) is 2.45. The Morgan fingerprint density at radius 3 is 3.00 bits per heavy atom. The fourth-order valence-corrected chi connectivity index (χ4v) is 1.15. The molecule has 1 aromatic heterocycles. The van der Waals surface area contributed by atoms with E-state index in [1.807, 2.05) is 6.92 Å². The lowest BCUT2D eigenvalue weighted by atomic mass is 10.2. The third kappa shape index (κ3) is 3.56. The van der Waals surface area contributed by atoms with E-state index in [9.17, 15) is 4.79 Å². The number of nitrogens with zero attached hydrogens (tertiary/aromatic N) is 2. The standard InChI is InChI=1S/C10H14N2O4/c1-7(4-15-2)16-5-9-8(10(13)14)3-11-6-12-9/h3,6-7H,4-5H2,1-2H3,(H,13,14). The van der Waals surface area contributed by atoms with Gasteiger partial charge in [0, 0.05) is 13.3 Å². The number of hydrogen-bond donors (Lipinski definition) is 1. The van der Waals surface area contributed by atoms with Crippen molar-refractivity contribution in [3.05, 3.63) is 23.8 Å². The first-order valence-electron chi connectivity index (χ1n) is 4.78. The Morgan fingerprint density at radius 2 is 2.38 bits per heavy atom. The van der Waals surface area contributed by atoms with E-state index in [0.29, 0.717) is 12.3 Å². The Labute approximate surface area is 93.2 Å². The van der Waals surface area contributed by atoms with Gasteiger partial charge in [-0.1, -0.05) is 0 Å². The first-order valence-corrected chi connectivity index (χ1v) is 4.78. The monoisotopic (exact) mass is 226 g/mol. The zero-order valence-electron chi connectivity index (χ0n) is 9.21. The van der Waals surface area contributed by atoms with Crippen molar-refractivity contribution in [2.45, 2.75) is 19.6 Å². The van der Waals surface area contributed by atoms with Gasteiger partial charge >= 0.3 is 5.97 Å². The molecular formula is C10H14N2O4. The SMILES string of the molecule is COCC(C)OCc1ncncc1C(=O)O. The molecule has 1 unspecified atom stereocenters. The molecule has 16 heavy (non-hydrogen) atoms. The normalized spacial score (nSPS) is 12.4. The molecule has 1 atom stereocenters. The van der Waals surface area contributed by atoms with Crippen LogP contribution in [0.3, 0.4) is 0 Å². The number of rotatable bonds is 6. The summed E-state index contributed by atoms with van der Waals surface area (Å²) in [5.74, 6) is -1.06. The van der Waals surface area contributed by atoms with Crippen LogP contribution in [0.25, 0.3) is 0 Å². The highest BCUT2D eigenvalue weighted by atomic mass is 16.5. The molecule has 0 amide bonds. The number of carbonyl (C=O) groups is 1. The van der Waals surface area contributed by atoms with Crippen molar-refractivity contribution in [3.8, 4) is 0 Å². The van der Waals surface area contributed by atoms with Crippen molar-refractivity contribution >= 4 is 5.97 Å². The molecule has 6 nitrogen and oxygen atoms in total. The van der Waals surface area contributed by atoms with E-state index >= 15 is 0 Å². The number of carboxylic acids is 1. The fourth-order valence-electron chi connectivity index (χ4n) is 1.15. The molecule has 0 saturated carbocycles. The van der Waals surface area contributed by atoms with Crippen molar-refractivity contribution in [2.75, 3.05) is 13.7 Å². The minimum absolute atomic E-state index is 0.0621. The van der Waals surface area contributed by atoms with Crippen LogP contribution in [-0.2, 0) is 16.1 Å². The Hall–Kier alpha value is -1.53. The number of aromatic nitrogens is 2. The predicted molar refractivity (Wildman–Crippen MR) is 55.1 cm³/mol. The molecule has 0 aliphatic rings. The van der Waals surface area contributed by atoms with E-state index in [-0.39, 0.29) is 18.3 Å². The highest BCUT2D eigenvalue weighted by Crippen LogP contribution is 2.06. The first kappa shape index (κ1) is 12.5. The van der Waals surface area contributed by atoms with Gasteiger partial charge in [-0.2, -0.15) is 0 Å². The highest BCUT2D eigenvalue weighted by Gasteiger charge is 2.12. The topological polar surface area (TPSA) is 81.5 Å². The number of methoxy groups -OCH3 is 1. The Kier molecular flexibility index (Phi) is 4.81. The predicted octanol–water partition coefficient (Wildman–Crippen LogP) is 0.726. The number of carboxylic acid groups (broad SMARTS) is 1. The molecule has 1 rings (SSSR count). The molecule has 88 valence electrons. The summed E-state index contributed by atoms with van der Waals surface area (Å²) in [6, 6.07) is 0. The molecule has 0 fully saturated rings. The van der Waals surface area contributed by atoms with Gasteiger partial charge in [0.2, 0.25) is 0 Å². The summed E-state index contributed by atoms with van der Waals surface area (Å²) in [6.45, 7) is 2.42. The van der Waals surface area contributed by atoms with Gasteiger partial charge < -0.3 is 14.6 Å². The largest absolute Gasteiger partial charge is 0.478 e. The van der Waals surface area contributed by atoms with E-state index in [1.54, 1.807) is 7.11 Å². The molecule has 1 heterocycles. The second-order valence-electron chi connectivity index (χ2n) is 3.27. The van der Waals surface area contributed by atoms with Crippen LogP contribution in [0, 0.1) is 0 Å². The summed E-state index contributed by atoms with van der Waals surface area (Å²) in [5, 5.41) is 8.87. The minimum Gasteiger partial charge on any atom is -0.478 e. The van der Waals surface area contributed by atoms with Gasteiger partial charge in [-0.05, 0) is 6.92 Å². The van der Waals surface area contributed by atoms with Gasteiger partial charge in [-0.25, -0.2) is 14.8 Å². The lowest BCUT2D eigenvalue weighted by Gasteiger charge is -2.12. The smallest absolute Gasteiger partial charge is 0.339 e. The van der Waals surface area contributed by atoms with Gasteiger partial charge in [0.05, 0.1) is 25.0 Å². The quantitative estimate of drug-likeness (QED) is 0.769. The molecule has 6 heteroatoms. The maximum absolute atomic E-state index is 10.8. The summed E-state index contributed by atoms with van der Waals surface area (Å²) in [4.78, 5) is 18.4. The van der Waals surface area contributed by atoms with Crippen LogP contribution in [0.1, 0.15) is 23.0 Å². The van der Waals surface area contributed by atoms with Crippen molar-refractivity contribution in [3.63, 3.8) is 0 Å². The first-order chi connectivity index (χ1) is 7.65. The van der Waals surface area contributed by atoms with E-state index in [4.69, 9.17) is 14.6 Å². The molecule has 0 aliphatic heterocycles. The third-order valence-electron chi connectivity index (χ3n) is 1.93. The lowest BCUT2D eigenvalue weighted by Crippen LogP contribution is -2.16. The van der Waals surface area contributed by atoms with E-state index in [1.165, 1.54) is 12.5 Å². The Bertz CT molecular complexity index is 356. The van der Waals surface area contributed by atoms with Crippen LogP contribution in [0.5, 0.6) is 0 Å². The highest BCUT2D eigenvalue weighted by molar-refractivity contribution is 5.88. The van der Waals surface area contributed by atoms with E-state index < -0.39 is 5.97 Å². The molecule has 0 aromatic carbocycles. The van der Waals surface area contributed by atoms with Gasteiger partial charge in [0.1, 0.15) is 11.9 Å². The molecule has 0 aliphatic carbocycles. The van der Waals surface area contributed by atoms with Crippen LogP contribution in [0.2, 0.25) is 0 Å². The van der Waals surface area contributed by atoms with Crippen molar-refractivity contribution < 1.29 is 19.4 Å². The number of aromatic carboxylic acids is 1. The van der Waals surface area contributed by atoms with Crippen LogP contribution in [0.4, 0.5) is 0 Å². The average Bonchev–Trinajstić information content (AvgIpc) is 2.27. The summed E-state index contributed by atoms with van der Waals surface area (Å²) in [5.41, 5.74) is 0.428. The molecule has 1 N–H and O–H groups in total. The molecular weight excluding hydrogens is 212 g/mol. The van der Waals surface area contributed by atoms with Crippen molar-refractivity contribution in [2.24, 2.45) is 0 Å². The Morgan fingerprint density at radius 1 is 1.62 bits per heavy atom. The van der Waals surface area contributed by atoms with Gasteiger partial charge in [0.15, 0.2) is 0 Å². The third-order valence-corrected chi connectivity index (χ3v) is 1.93. The molecule has 0 radical (unpaired) electrons. The maximum Gasteiger partial charge on any atom is 0.339 e. The minimum atomic E-state index is -1.06. The lowest BCUT2D eigenvalue weighted by molar-refractivity contribution is -0.00185. The summed E-state index contributed by atoms with van der Waals surface area (Å²) < 4.78 is 10.3. The number of ether oxygens (including phenoxy) is 2.